The van der Waals surface area contributed by atoms with Crippen molar-refractivity contribution in [3.05, 3.63) is 11.8 Å². The number of aliphatic hydroxyl groups excluding tert-OH is 4. The van der Waals surface area contributed by atoms with Crippen molar-refractivity contribution in [2.75, 3.05) is 6.61 Å². The molecule has 0 aromatic heterocycles. The number of ether oxygens (including phenoxy) is 3. The topological polar surface area (TPSA) is 166 Å². The molecular formula is C16H24O10. The molecule has 1 saturated carbocycles. The average molecular weight is 376 g/mol. The lowest BCUT2D eigenvalue weighted by Gasteiger charge is -2.46. The summed E-state index contributed by atoms with van der Waals surface area (Å²) in [6.45, 7) is 0.840. The van der Waals surface area contributed by atoms with E-state index in [2.05, 4.69) is 0 Å². The largest absolute Gasteiger partial charge is 0.471 e. The van der Waals surface area contributed by atoms with Gasteiger partial charge in [0.05, 0.1) is 30.0 Å². The van der Waals surface area contributed by atoms with Crippen LogP contribution in [-0.4, -0.2) is 91.7 Å². The Morgan fingerprint density at radius 1 is 1.19 bits per heavy atom. The maximum atomic E-state index is 11.2. The lowest BCUT2D eigenvalue weighted by atomic mass is 9.78. The molecule has 0 unspecified atom stereocenters. The van der Waals surface area contributed by atoms with E-state index >= 15 is 0 Å². The monoisotopic (exact) mass is 376 g/mol. The summed E-state index contributed by atoms with van der Waals surface area (Å²) in [5.74, 6) is -1.06. The van der Waals surface area contributed by atoms with Gasteiger partial charge in [0.15, 0.2) is 12.6 Å². The molecule has 0 bridgehead atoms. The van der Waals surface area contributed by atoms with Crippen LogP contribution in [0.3, 0.4) is 0 Å². The average Bonchev–Trinajstić information content (AvgIpc) is 2.86. The molecule has 0 amide bonds. The fourth-order valence-corrected chi connectivity index (χ4v) is 3.98. The number of carbonyl (C=O) groups is 1. The Kier molecular flexibility index (Phi) is 5.14. The molecule has 3 aliphatic rings. The zero-order chi connectivity index (χ0) is 19.3. The SMILES string of the molecule is C[C@]1(O)CC[C@]2(O)C(C=O)=CO[C@@H](O[C@@H]3O[C@H](CO)[C@@H](O)[C@H](O)[C@H]3O)[C@H]12. The van der Waals surface area contributed by atoms with Crippen molar-refractivity contribution in [1.82, 2.24) is 0 Å². The molecule has 3 rings (SSSR count). The zero-order valence-corrected chi connectivity index (χ0v) is 14.1. The first-order valence-corrected chi connectivity index (χ1v) is 8.37. The van der Waals surface area contributed by atoms with Gasteiger partial charge < -0.3 is 44.8 Å². The van der Waals surface area contributed by atoms with Crippen LogP contribution in [0.25, 0.3) is 0 Å². The Bertz CT molecular complexity index is 575. The van der Waals surface area contributed by atoms with E-state index in [1.165, 1.54) is 6.92 Å². The summed E-state index contributed by atoms with van der Waals surface area (Å²) in [5.41, 5.74) is -3.15. The Morgan fingerprint density at radius 2 is 1.88 bits per heavy atom. The van der Waals surface area contributed by atoms with E-state index in [4.69, 9.17) is 14.2 Å². The summed E-state index contributed by atoms with van der Waals surface area (Å²) in [6.07, 6.45) is -7.07. The number of hydrogen-bond donors (Lipinski definition) is 6. The Hall–Kier alpha value is -1.11. The van der Waals surface area contributed by atoms with E-state index < -0.39 is 60.7 Å². The summed E-state index contributed by atoms with van der Waals surface area (Å²) in [6, 6.07) is 0. The quantitative estimate of drug-likeness (QED) is 0.281. The Balaban J connectivity index is 1.85. The summed E-state index contributed by atoms with van der Waals surface area (Å²) >= 11 is 0. The molecule has 9 atom stereocenters. The normalized spacial score (nSPS) is 51.3. The van der Waals surface area contributed by atoms with Gasteiger partial charge in [-0.3, -0.25) is 4.79 Å². The van der Waals surface area contributed by atoms with Crippen LogP contribution in [-0.2, 0) is 19.0 Å². The lowest BCUT2D eigenvalue weighted by molar-refractivity contribution is -0.351. The van der Waals surface area contributed by atoms with E-state index in [0.29, 0.717) is 6.29 Å². The number of hydrogen-bond acceptors (Lipinski definition) is 10. The van der Waals surface area contributed by atoms with Crippen LogP contribution in [0.2, 0.25) is 0 Å². The van der Waals surface area contributed by atoms with Crippen LogP contribution in [0.4, 0.5) is 0 Å². The molecule has 6 N–H and O–H groups in total. The predicted molar refractivity (Wildman–Crippen MR) is 82.2 cm³/mol. The van der Waals surface area contributed by atoms with Gasteiger partial charge >= 0.3 is 0 Å². The first kappa shape index (κ1) is 19.6. The number of rotatable bonds is 4. The molecule has 0 spiro atoms. The van der Waals surface area contributed by atoms with Crippen molar-refractivity contribution in [3.8, 4) is 0 Å². The van der Waals surface area contributed by atoms with Gasteiger partial charge in [-0.1, -0.05) is 0 Å². The van der Waals surface area contributed by atoms with Gasteiger partial charge in [0.1, 0.15) is 30.0 Å². The van der Waals surface area contributed by atoms with Gasteiger partial charge in [-0.25, -0.2) is 0 Å². The zero-order valence-electron chi connectivity index (χ0n) is 14.1. The van der Waals surface area contributed by atoms with Gasteiger partial charge in [-0.05, 0) is 19.8 Å². The Morgan fingerprint density at radius 3 is 2.50 bits per heavy atom. The van der Waals surface area contributed by atoms with Gasteiger partial charge in [-0.15, -0.1) is 0 Å². The van der Waals surface area contributed by atoms with Crippen molar-refractivity contribution < 1.29 is 49.6 Å². The Labute approximate surface area is 149 Å². The third kappa shape index (κ3) is 2.96. The highest BCUT2D eigenvalue weighted by Gasteiger charge is 2.62. The van der Waals surface area contributed by atoms with Crippen LogP contribution in [0.1, 0.15) is 19.8 Å². The van der Waals surface area contributed by atoms with E-state index in [1.807, 2.05) is 0 Å². The van der Waals surface area contributed by atoms with Gasteiger partial charge in [0.25, 0.3) is 0 Å². The molecule has 0 radical (unpaired) electrons. The molecule has 2 fully saturated rings. The van der Waals surface area contributed by atoms with Gasteiger partial charge in [0, 0.05) is 0 Å². The van der Waals surface area contributed by atoms with E-state index in [9.17, 15) is 35.4 Å². The lowest BCUT2D eigenvalue weighted by Crippen LogP contribution is -2.62. The highest BCUT2D eigenvalue weighted by Crippen LogP contribution is 2.51. The van der Waals surface area contributed by atoms with Crippen LogP contribution in [0, 0.1) is 5.92 Å². The highest BCUT2D eigenvalue weighted by atomic mass is 16.8. The second-order valence-electron chi connectivity index (χ2n) is 7.29. The molecule has 10 nitrogen and oxygen atoms in total. The molecule has 0 aromatic rings. The van der Waals surface area contributed by atoms with Crippen molar-refractivity contribution in [3.63, 3.8) is 0 Å². The minimum atomic E-state index is -1.68. The maximum absolute atomic E-state index is 11.2. The molecular weight excluding hydrogens is 352 g/mol. The number of carbonyl (C=O) groups excluding carboxylic acids is 1. The number of aliphatic hydroxyl groups is 6. The number of aldehydes is 1. The van der Waals surface area contributed by atoms with Crippen LogP contribution >= 0.6 is 0 Å². The minimum absolute atomic E-state index is 0.0334. The van der Waals surface area contributed by atoms with Gasteiger partial charge in [-0.2, -0.15) is 0 Å². The third-order valence-electron chi connectivity index (χ3n) is 5.54. The van der Waals surface area contributed by atoms with E-state index in [0.717, 1.165) is 6.26 Å². The van der Waals surface area contributed by atoms with Crippen molar-refractivity contribution >= 4 is 6.29 Å². The second-order valence-corrected chi connectivity index (χ2v) is 7.29. The predicted octanol–water partition coefficient (Wildman–Crippen LogP) is -2.87. The highest BCUT2D eigenvalue weighted by molar-refractivity contribution is 5.76. The van der Waals surface area contributed by atoms with Crippen LogP contribution < -0.4 is 0 Å². The first-order chi connectivity index (χ1) is 12.2. The van der Waals surface area contributed by atoms with E-state index in [1.54, 1.807) is 0 Å². The van der Waals surface area contributed by atoms with Crippen molar-refractivity contribution in [2.45, 2.75) is 68.0 Å². The molecule has 2 heterocycles. The molecule has 10 heteroatoms. The summed E-state index contributed by atoms with van der Waals surface area (Å²) in [5, 5.41) is 60.5. The molecule has 2 aliphatic heterocycles. The molecule has 1 saturated heterocycles. The van der Waals surface area contributed by atoms with Crippen LogP contribution in [0.5, 0.6) is 0 Å². The van der Waals surface area contributed by atoms with Gasteiger partial charge in [0.2, 0.25) is 6.29 Å². The summed E-state index contributed by atoms with van der Waals surface area (Å²) in [4.78, 5) is 11.2. The van der Waals surface area contributed by atoms with Crippen molar-refractivity contribution in [2.24, 2.45) is 5.92 Å². The minimum Gasteiger partial charge on any atom is -0.471 e. The maximum Gasteiger partial charge on any atom is 0.210 e. The summed E-state index contributed by atoms with van der Waals surface area (Å²) < 4.78 is 16.2. The van der Waals surface area contributed by atoms with Crippen LogP contribution in [0.15, 0.2) is 11.8 Å². The fourth-order valence-electron chi connectivity index (χ4n) is 3.98. The fraction of sp³-hybridized carbons (Fsp3) is 0.812. The third-order valence-corrected chi connectivity index (χ3v) is 5.54. The molecule has 0 aromatic carbocycles. The van der Waals surface area contributed by atoms with Crippen molar-refractivity contribution in [1.29, 1.82) is 0 Å². The second kappa shape index (κ2) is 6.80. The smallest absolute Gasteiger partial charge is 0.210 e. The standard InChI is InChI=1S/C16H24O10/c1-15(22)2-3-16(23)7(4-17)6-24-14(12(15)16)26-13-11(21)10(20)9(19)8(5-18)25-13/h4,6,8-14,18-23H,2-3,5H2,1H3/t8-,9-,10+,11-,12-,13+,14+,15+,16+/m1/s1. The van der Waals surface area contributed by atoms with E-state index in [-0.39, 0.29) is 18.4 Å². The first-order valence-electron chi connectivity index (χ1n) is 8.37. The summed E-state index contributed by atoms with van der Waals surface area (Å²) in [7, 11) is 0. The molecule has 148 valence electrons. The number of fused-ring (bicyclic) bond motifs is 1. The molecule has 1 aliphatic carbocycles. The molecule has 26 heavy (non-hydrogen) atoms.